The lowest BCUT2D eigenvalue weighted by Crippen LogP contribution is -1.96. The van der Waals surface area contributed by atoms with Crippen molar-refractivity contribution in [3.05, 3.63) is 0 Å². The Hall–Kier alpha value is -0.330. The lowest BCUT2D eigenvalue weighted by Gasteiger charge is -2.10. The fourth-order valence-electron chi connectivity index (χ4n) is 1.68. The summed E-state index contributed by atoms with van der Waals surface area (Å²) in [7, 11) is 0. The zero-order chi connectivity index (χ0) is 9.94. The first-order valence-corrected chi connectivity index (χ1v) is 5.70. The van der Waals surface area contributed by atoms with Gasteiger partial charge in [-0.2, -0.15) is 0 Å². The molecule has 0 unspecified atom stereocenters. The number of rotatable bonds is 9. The van der Waals surface area contributed by atoms with Crippen LogP contribution in [0.4, 0.5) is 0 Å². The van der Waals surface area contributed by atoms with Crippen LogP contribution in [0.2, 0.25) is 0 Å². The van der Waals surface area contributed by atoms with Crippen LogP contribution in [0.3, 0.4) is 0 Å². The molecular formula is C12H23O. The van der Waals surface area contributed by atoms with Crippen molar-refractivity contribution in [1.29, 1.82) is 0 Å². The maximum absolute atomic E-state index is 9.91. The van der Waals surface area contributed by atoms with E-state index in [4.69, 9.17) is 0 Å². The monoisotopic (exact) mass is 183 g/mol. The standard InChI is InChI=1S/C12H23O/c1-3-12(4-2)10-8-6-5-7-9-11-13/h12H,3-10H2,1-2H3. The van der Waals surface area contributed by atoms with Gasteiger partial charge in [-0.3, -0.25) is 4.79 Å². The van der Waals surface area contributed by atoms with Crippen LogP contribution in [0.15, 0.2) is 0 Å². The molecule has 77 valence electrons. The van der Waals surface area contributed by atoms with E-state index in [1.54, 1.807) is 0 Å². The number of hydrogen-bond donors (Lipinski definition) is 0. The molecule has 1 radical (unpaired) electrons. The van der Waals surface area contributed by atoms with Crippen LogP contribution in [0.5, 0.6) is 0 Å². The zero-order valence-corrected chi connectivity index (χ0v) is 9.14. The van der Waals surface area contributed by atoms with E-state index in [0.717, 1.165) is 12.3 Å². The van der Waals surface area contributed by atoms with E-state index >= 15 is 0 Å². The molecule has 0 spiro atoms. The van der Waals surface area contributed by atoms with Gasteiger partial charge in [-0.05, 0) is 12.3 Å². The quantitative estimate of drug-likeness (QED) is 0.496. The van der Waals surface area contributed by atoms with E-state index in [0.29, 0.717) is 6.42 Å². The van der Waals surface area contributed by atoms with Crippen molar-refractivity contribution in [3.8, 4) is 0 Å². The van der Waals surface area contributed by atoms with Crippen LogP contribution in [-0.2, 0) is 4.79 Å². The third kappa shape index (κ3) is 8.01. The Morgan fingerprint density at radius 3 is 2.15 bits per heavy atom. The largest absolute Gasteiger partial charge is 0.291 e. The van der Waals surface area contributed by atoms with E-state index in [2.05, 4.69) is 13.8 Å². The molecular weight excluding hydrogens is 160 g/mol. The predicted octanol–water partition coefficient (Wildman–Crippen LogP) is 3.87. The highest BCUT2D eigenvalue weighted by Crippen LogP contribution is 2.17. The summed E-state index contributed by atoms with van der Waals surface area (Å²) in [5.74, 6) is 0.928. The molecule has 13 heavy (non-hydrogen) atoms. The molecule has 0 aromatic carbocycles. The van der Waals surface area contributed by atoms with Crippen LogP contribution in [0.1, 0.15) is 65.2 Å². The van der Waals surface area contributed by atoms with Crippen LogP contribution in [0.25, 0.3) is 0 Å². The second-order valence-electron chi connectivity index (χ2n) is 3.78. The van der Waals surface area contributed by atoms with Gasteiger partial charge in [-0.1, -0.05) is 52.4 Å². The first-order chi connectivity index (χ1) is 6.35. The van der Waals surface area contributed by atoms with Gasteiger partial charge in [-0.15, -0.1) is 0 Å². The van der Waals surface area contributed by atoms with E-state index < -0.39 is 0 Å². The summed E-state index contributed by atoms with van der Waals surface area (Å²) < 4.78 is 0. The smallest absolute Gasteiger partial charge is 0.198 e. The molecule has 0 fully saturated rings. The SMILES string of the molecule is CCC(CC)CCCCCC[C]=O. The minimum atomic E-state index is 0.630. The summed E-state index contributed by atoms with van der Waals surface area (Å²) in [4.78, 5) is 9.91. The number of hydrogen-bond acceptors (Lipinski definition) is 1. The highest BCUT2D eigenvalue weighted by Gasteiger charge is 2.01. The van der Waals surface area contributed by atoms with Gasteiger partial charge in [0.1, 0.15) is 0 Å². The summed E-state index contributed by atoms with van der Waals surface area (Å²) >= 11 is 0. The number of carbonyl (C=O) groups excluding carboxylic acids is 1. The normalized spacial score (nSPS) is 10.7. The molecule has 0 amide bonds. The zero-order valence-electron chi connectivity index (χ0n) is 9.14. The van der Waals surface area contributed by atoms with Gasteiger partial charge in [0, 0.05) is 6.42 Å². The Bertz CT molecular complexity index is 106. The van der Waals surface area contributed by atoms with Crippen molar-refractivity contribution in [2.75, 3.05) is 0 Å². The Kier molecular flexibility index (Phi) is 9.51. The van der Waals surface area contributed by atoms with Crippen molar-refractivity contribution in [2.45, 2.75) is 65.2 Å². The van der Waals surface area contributed by atoms with Crippen LogP contribution < -0.4 is 0 Å². The summed E-state index contributed by atoms with van der Waals surface area (Å²) in [6.07, 6.45) is 11.4. The summed E-state index contributed by atoms with van der Waals surface area (Å²) in [6, 6.07) is 0. The Balaban J connectivity index is 3.09. The third-order valence-electron chi connectivity index (χ3n) is 2.80. The average molecular weight is 183 g/mol. The van der Waals surface area contributed by atoms with Crippen LogP contribution in [0, 0.1) is 5.92 Å². The molecule has 0 rings (SSSR count). The Morgan fingerprint density at radius 1 is 1.00 bits per heavy atom. The van der Waals surface area contributed by atoms with Crippen molar-refractivity contribution in [1.82, 2.24) is 0 Å². The van der Waals surface area contributed by atoms with E-state index in [9.17, 15) is 4.79 Å². The Morgan fingerprint density at radius 2 is 1.62 bits per heavy atom. The third-order valence-corrected chi connectivity index (χ3v) is 2.80. The fraction of sp³-hybridized carbons (Fsp3) is 0.917. The van der Waals surface area contributed by atoms with Gasteiger partial charge in [0.15, 0.2) is 6.29 Å². The highest BCUT2D eigenvalue weighted by atomic mass is 16.1. The van der Waals surface area contributed by atoms with Crippen molar-refractivity contribution < 1.29 is 4.79 Å². The molecule has 0 aliphatic rings. The molecule has 0 atom stereocenters. The average Bonchev–Trinajstić information content (AvgIpc) is 2.17. The molecule has 0 heterocycles. The molecule has 0 aliphatic heterocycles. The molecule has 0 aromatic heterocycles. The summed E-state index contributed by atoms with van der Waals surface area (Å²) in [5.41, 5.74) is 0. The van der Waals surface area contributed by atoms with E-state index in [1.165, 1.54) is 38.5 Å². The van der Waals surface area contributed by atoms with Crippen LogP contribution in [-0.4, -0.2) is 6.29 Å². The van der Waals surface area contributed by atoms with Gasteiger partial charge in [-0.25, -0.2) is 0 Å². The van der Waals surface area contributed by atoms with Gasteiger partial charge in [0.2, 0.25) is 0 Å². The first kappa shape index (κ1) is 12.7. The van der Waals surface area contributed by atoms with Crippen molar-refractivity contribution in [2.24, 2.45) is 5.92 Å². The van der Waals surface area contributed by atoms with E-state index in [-0.39, 0.29) is 0 Å². The van der Waals surface area contributed by atoms with Crippen LogP contribution >= 0.6 is 0 Å². The van der Waals surface area contributed by atoms with E-state index in [1.807, 2.05) is 6.29 Å². The lowest BCUT2D eigenvalue weighted by molar-refractivity contribution is 0.428. The summed E-state index contributed by atoms with van der Waals surface area (Å²) in [5, 5.41) is 0. The number of unbranched alkanes of at least 4 members (excludes halogenated alkanes) is 4. The van der Waals surface area contributed by atoms with Crippen molar-refractivity contribution >= 4 is 6.29 Å². The Labute approximate surface area is 82.9 Å². The molecule has 1 heteroatoms. The van der Waals surface area contributed by atoms with Gasteiger partial charge in [0.05, 0.1) is 0 Å². The molecule has 0 bridgehead atoms. The maximum atomic E-state index is 9.91. The molecule has 0 saturated carbocycles. The lowest BCUT2D eigenvalue weighted by atomic mass is 9.96. The maximum Gasteiger partial charge on any atom is 0.198 e. The van der Waals surface area contributed by atoms with Gasteiger partial charge < -0.3 is 0 Å². The second-order valence-corrected chi connectivity index (χ2v) is 3.78. The molecule has 0 N–H and O–H groups in total. The molecule has 0 aromatic rings. The minimum absolute atomic E-state index is 0.630. The van der Waals surface area contributed by atoms with Gasteiger partial charge >= 0.3 is 0 Å². The second kappa shape index (κ2) is 9.76. The molecule has 0 saturated heterocycles. The first-order valence-electron chi connectivity index (χ1n) is 5.70. The highest BCUT2D eigenvalue weighted by molar-refractivity contribution is 5.50. The van der Waals surface area contributed by atoms with Gasteiger partial charge in [0.25, 0.3) is 0 Å². The topological polar surface area (TPSA) is 17.1 Å². The minimum Gasteiger partial charge on any atom is -0.291 e. The molecule has 0 aliphatic carbocycles. The molecule has 1 nitrogen and oxygen atoms in total. The van der Waals surface area contributed by atoms with Crippen molar-refractivity contribution in [3.63, 3.8) is 0 Å². The summed E-state index contributed by atoms with van der Waals surface area (Å²) in [6.45, 7) is 4.55. The predicted molar refractivity (Wildman–Crippen MR) is 57.5 cm³/mol. The fourth-order valence-corrected chi connectivity index (χ4v) is 1.68.